The van der Waals surface area contributed by atoms with E-state index < -0.39 is 0 Å². The van der Waals surface area contributed by atoms with Crippen molar-refractivity contribution in [1.29, 1.82) is 0 Å². The lowest BCUT2D eigenvalue weighted by Crippen LogP contribution is -2.39. The summed E-state index contributed by atoms with van der Waals surface area (Å²) < 4.78 is 2.91. The number of carbonyl (C=O) groups is 1. The van der Waals surface area contributed by atoms with Crippen LogP contribution >= 0.6 is 15.9 Å². The summed E-state index contributed by atoms with van der Waals surface area (Å²) in [7, 11) is 0. The van der Waals surface area contributed by atoms with Crippen molar-refractivity contribution in [1.82, 2.24) is 19.4 Å². The first-order chi connectivity index (χ1) is 11.1. The third-order valence-electron chi connectivity index (χ3n) is 4.60. The quantitative estimate of drug-likeness (QED) is 0.750. The first-order valence-corrected chi connectivity index (χ1v) is 8.48. The van der Waals surface area contributed by atoms with Crippen LogP contribution in [0.15, 0.2) is 41.4 Å². The Balaban J connectivity index is 1.65. The molecule has 0 aliphatic carbocycles. The first kappa shape index (κ1) is 14.5. The summed E-state index contributed by atoms with van der Waals surface area (Å²) in [4.78, 5) is 22.3. The highest BCUT2D eigenvalue weighted by Crippen LogP contribution is 2.32. The number of nitrogens with zero attached hydrogens (tertiary/aromatic N) is 3. The number of aromatic amines is 1. The molecule has 2 aromatic heterocycles. The van der Waals surface area contributed by atoms with Gasteiger partial charge in [0.15, 0.2) is 0 Å². The molecular weight excluding hydrogens is 356 g/mol. The third-order valence-corrected chi connectivity index (χ3v) is 5.26. The number of nitrogens with one attached hydrogen (secondary N) is 1. The lowest BCUT2D eigenvalue weighted by molar-refractivity contribution is -0.135. The molecule has 4 rings (SSSR count). The summed E-state index contributed by atoms with van der Waals surface area (Å²) in [5.41, 5.74) is 3.60. The minimum Gasteiger partial charge on any atom is -0.357 e. The van der Waals surface area contributed by atoms with Crippen LogP contribution in [0.2, 0.25) is 0 Å². The molecule has 1 unspecified atom stereocenters. The van der Waals surface area contributed by atoms with Gasteiger partial charge in [-0.05, 0) is 28.9 Å². The van der Waals surface area contributed by atoms with Gasteiger partial charge in [0.1, 0.15) is 6.04 Å². The van der Waals surface area contributed by atoms with Crippen molar-refractivity contribution in [2.45, 2.75) is 25.9 Å². The largest absolute Gasteiger partial charge is 0.357 e. The maximum absolute atomic E-state index is 12.8. The van der Waals surface area contributed by atoms with Crippen molar-refractivity contribution in [2.75, 3.05) is 6.54 Å². The van der Waals surface area contributed by atoms with Gasteiger partial charge in [-0.1, -0.05) is 12.1 Å². The maximum Gasteiger partial charge on any atom is 0.245 e. The van der Waals surface area contributed by atoms with Crippen molar-refractivity contribution >= 4 is 32.7 Å². The topological polar surface area (TPSA) is 53.9 Å². The van der Waals surface area contributed by atoms with Gasteiger partial charge in [-0.3, -0.25) is 4.79 Å². The summed E-state index contributed by atoms with van der Waals surface area (Å²) in [6.07, 6.45) is 6.09. The number of amides is 1. The predicted octanol–water partition coefficient (Wildman–Crippen LogP) is 3.27. The molecule has 0 saturated carbocycles. The minimum absolute atomic E-state index is 0.137. The highest BCUT2D eigenvalue weighted by Gasteiger charge is 2.27. The second-order valence-electron chi connectivity index (χ2n) is 5.94. The van der Waals surface area contributed by atoms with E-state index in [1.807, 2.05) is 34.7 Å². The molecule has 5 nitrogen and oxygen atoms in total. The number of halogens is 1. The van der Waals surface area contributed by atoms with E-state index in [-0.39, 0.29) is 11.9 Å². The van der Waals surface area contributed by atoms with Crippen LogP contribution in [0.1, 0.15) is 24.2 Å². The second-order valence-corrected chi connectivity index (χ2v) is 6.79. The van der Waals surface area contributed by atoms with Gasteiger partial charge >= 0.3 is 0 Å². The van der Waals surface area contributed by atoms with Crippen LogP contribution in [0.5, 0.6) is 0 Å². The van der Waals surface area contributed by atoms with E-state index in [1.165, 1.54) is 16.6 Å². The van der Waals surface area contributed by atoms with E-state index in [0.29, 0.717) is 6.54 Å². The molecule has 3 heterocycles. The fourth-order valence-electron chi connectivity index (χ4n) is 3.28. The maximum atomic E-state index is 12.8. The van der Waals surface area contributed by atoms with Gasteiger partial charge in [0.05, 0.1) is 11.8 Å². The van der Waals surface area contributed by atoms with Crippen molar-refractivity contribution in [3.8, 4) is 0 Å². The molecule has 1 aromatic carbocycles. The summed E-state index contributed by atoms with van der Waals surface area (Å²) >= 11 is 3.59. The number of para-hydroxylation sites is 1. The van der Waals surface area contributed by atoms with Crippen LogP contribution in [0.3, 0.4) is 0 Å². The average Bonchev–Trinajstić information content (AvgIpc) is 3.21. The van der Waals surface area contributed by atoms with E-state index in [4.69, 9.17) is 0 Å². The zero-order valence-electron chi connectivity index (χ0n) is 12.8. The summed E-state index contributed by atoms with van der Waals surface area (Å²) in [5.74, 6) is 0.137. The molecule has 3 aromatic rings. The zero-order chi connectivity index (χ0) is 16.0. The molecule has 0 spiro atoms. The molecule has 118 valence electrons. The number of hydrogen-bond donors (Lipinski definition) is 1. The summed E-state index contributed by atoms with van der Waals surface area (Å²) in [5, 5.41) is 1.20. The fourth-order valence-corrected chi connectivity index (χ4v) is 3.75. The summed E-state index contributed by atoms with van der Waals surface area (Å²) in [6.45, 7) is 3.32. The van der Waals surface area contributed by atoms with Crippen LogP contribution in [0.25, 0.3) is 10.9 Å². The molecule has 23 heavy (non-hydrogen) atoms. The number of imidazole rings is 1. The monoisotopic (exact) mass is 372 g/mol. The van der Waals surface area contributed by atoms with E-state index in [9.17, 15) is 4.79 Å². The predicted molar refractivity (Wildman–Crippen MR) is 92.1 cm³/mol. The Morgan fingerprint density at radius 2 is 2.30 bits per heavy atom. The molecule has 1 N–H and O–H groups in total. The van der Waals surface area contributed by atoms with Gasteiger partial charge in [-0.2, -0.15) is 0 Å². The van der Waals surface area contributed by atoms with E-state index >= 15 is 0 Å². The van der Waals surface area contributed by atoms with Crippen LogP contribution in [-0.4, -0.2) is 31.9 Å². The van der Waals surface area contributed by atoms with Gasteiger partial charge in [-0.15, -0.1) is 0 Å². The Kier molecular flexibility index (Phi) is 3.49. The Morgan fingerprint density at radius 3 is 3.09 bits per heavy atom. The molecule has 0 saturated heterocycles. The lowest BCUT2D eigenvalue weighted by atomic mass is 10.0. The fraction of sp³-hybridized carbons (Fsp3) is 0.294. The Morgan fingerprint density at radius 1 is 1.43 bits per heavy atom. The number of carbonyl (C=O) groups excluding carboxylic acids is 1. The highest BCUT2D eigenvalue weighted by molar-refractivity contribution is 9.10. The average molecular weight is 373 g/mol. The molecule has 6 heteroatoms. The van der Waals surface area contributed by atoms with Gasteiger partial charge in [0, 0.05) is 53.0 Å². The Hall–Kier alpha value is -2.08. The van der Waals surface area contributed by atoms with Crippen LogP contribution < -0.4 is 0 Å². The van der Waals surface area contributed by atoms with Crippen LogP contribution in [0.4, 0.5) is 0 Å². The standard InChI is InChI=1S/C17H17BrN4O/c1-11(22-8-6-19-10-22)17(23)21-7-5-15-13(9-21)12-3-2-4-14(18)16(12)20-15/h2-4,6,8,10-11,20H,5,7,9H2,1H3. The lowest BCUT2D eigenvalue weighted by Gasteiger charge is -2.30. The minimum atomic E-state index is -0.226. The number of rotatable bonds is 2. The van der Waals surface area contributed by atoms with Gasteiger partial charge in [0.2, 0.25) is 5.91 Å². The normalized spacial score (nSPS) is 15.7. The van der Waals surface area contributed by atoms with Crippen molar-refractivity contribution in [3.63, 3.8) is 0 Å². The number of aromatic nitrogens is 3. The molecule has 0 fully saturated rings. The van der Waals surface area contributed by atoms with Crippen molar-refractivity contribution < 1.29 is 4.79 Å². The van der Waals surface area contributed by atoms with Crippen LogP contribution in [0, 0.1) is 0 Å². The smallest absolute Gasteiger partial charge is 0.245 e. The molecule has 0 bridgehead atoms. The highest BCUT2D eigenvalue weighted by atomic mass is 79.9. The Labute approximate surface area is 142 Å². The van der Waals surface area contributed by atoms with Crippen molar-refractivity contribution in [2.24, 2.45) is 0 Å². The van der Waals surface area contributed by atoms with Crippen LogP contribution in [-0.2, 0) is 17.8 Å². The van der Waals surface area contributed by atoms with E-state index in [2.05, 4.69) is 32.0 Å². The van der Waals surface area contributed by atoms with Crippen molar-refractivity contribution in [3.05, 3.63) is 52.7 Å². The molecule has 0 radical (unpaired) electrons. The Bertz CT molecular complexity index is 868. The van der Waals surface area contributed by atoms with Gasteiger partial charge in [-0.25, -0.2) is 4.98 Å². The molecule has 1 aliphatic heterocycles. The van der Waals surface area contributed by atoms with Gasteiger partial charge < -0.3 is 14.5 Å². The first-order valence-electron chi connectivity index (χ1n) is 7.69. The third kappa shape index (κ3) is 2.37. The number of benzene rings is 1. The zero-order valence-corrected chi connectivity index (χ0v) is 14.4. The molecular formula is C17H17BrN4O. The second kappa shape index (κ2) is 5.53. The van der Waals surface area contributed by atoms with E-state index in [1.54, 1.807) is 12.5 Å². The molecule has 1 aliphatic rings. The summed E-state index contributed by atoms with van der Waals surface area (Å²) in [6, 6.07) is 5.96. The number of fused-ring (bicyclic) bond motifs is 3. The van der Waals surface area contributed by atoms with E-state index in [0.717, 1.165) is 23.0 Å². The molecule has 1 amide bonds. The number of H-pyrrole nitrogens is 1. The van der Waals surface area contributed by atoms with Gasteiger partial charge in [0.25, 0.3) is 0 Å². The number of hydrogen-bond acceptors (Lipinski definition) is 2. The SMILES string of the molecule is CC(C(=O)N1CCc2[nH]c3c(Br)cccc3c2C1)n1ccnc1. The molecule has 1 atom stereocenters.